The molecule has 1 heterocycles. The van der Waals surface area contributed by atoms with E-state index < -0.39 is 0 Å². The van der Waals surface area contributed by atoms with E-state index in [4.69, 9.17) is 4.42 Å². The molecule has 0 spiro atoms. The van der Waals surface area contributed by atoms with Crippen molar-refractivity contribution in [2.24, 2.45) is 4.99 Å². The number of hydrogen-bond donors (Lipinski definition) is 3. The van der Waals surface area contributed by atoms with E-state index in [1.807, 2.05) is 32.9 Å². The molecular weight excluding hydrogens is 244 g/mol. The summed E-state index contributed by atoms with van der Waals surface area (Å²) in [5, 5.41) is 16.6. The van der Waals surface area contributed by atoms with Gasteiger partial charge in [0, 0.05) is 31.4 Å². The molecule has 0 aliphatic heterocycles. The van der Waals surface area contributed by atoms with Crippen molar-refractivity contribution in [3.63, 3.8) is 0 Å². The molecule has 0 unspecified atom stereocenters. The second kappa shape index (κ2) is 5.69. The molecule has 0 aliphatic rings. The van der Waals surface area contributed by atoms with Crippen molar-refractivity contribution in [2.75, 3.05) is 30.3 Å². The Hall–Kier alpha value is -2.11. The lowest BCUT2D eigenvalue weighted by Crippen LogP contribution is -2.14. The molecule has 0 fully saturated rings. The minimum Gasteiger partial charge on any atom is -0.423 e. The average molecular weight is 264 g/mol. The van der Waals surface area contributed by atoms with Gasteiger partial charge in [-0.05, 0) is 26.8 Å². The van der Waals surface area contributed by atoms with Gasteiger partial charge in [-0.2, -0.15) is 0 Å². The van der Waals surface area contributed by atoms with Crippen molar-refractivity contribution in [3.8, 4) is 0 Å². The van der Waals surface area contributed by atoms with Gasteiger partial charge in [-0.1, -0.05) is 0 Å². The molecule has 0 saturated heterocycles. The SMILES string of the molecule is CCN=c1oc2cc(NCC)cc(NCC)c2n1O. The van der Waals surface area contributed by atoms with Crippen LogP contribution in [-0.2, 0) is 0 Å². The molecule has 6 heteroatoms. The van der Waals surface area contributed by atoms with Crippen molar-refractivity contribution in [2.45, 2.75) is 20.8 Å². The van der Waals surface area contributed by atoms with Crippen LogP contribution in [-0.4, -0.2) is 29.6 Å². The zero-order chi connectivity index (χ0) is 13.8. The standard InChI is InChI=1S/C13H20N4O2/c1-4-14-9-7-10(15-5-2)12-11(8-9)19-13(16-6-3)17(12)18/h7-8,14-15,18H,4-6H2,1-3H3. The Morgan fingerprint density at radius 2 is 1.95 bits per heavy atom. The highest BCUT2D eigenvalue weighted by Crippen LogP contribution is 2.27. The summed E-state index contributed by atoms with van der Waals surface area (Å²) in [7, 11) is 0. The molecule has 0 radical (unpaired) electrons. The van der Waals surface area contributed by atoms with E-state index >= 15 is 0 Å². The Kier molecular flexibility index (Phi) is 3.99. The maximum atomic E-state index is 10.1. The maximum Gasteiger partial charge on any atom is 0.331 e. The van der Waals surface area contributed by atoms with Crippen LogP contribution in [0.4, 0.5) is 11.4 Å². The quantitative estimate of drug-likeness (QED) is 0.724. The first-order valence-electron chi connectivity index (χ1n) is 6.58. The largest absolute Gasteiger partial charge is 0.423 e. The number of aromatic nitrogens is 1. The summed E-state index contributed by atoms with van der Waals surface area (Å²) in [4.78, 5) is 4.12. The fourth-order valence-corrected chi connectivity index (χ4v) is 2.01. The highest BCUT2D eigenvalue weighted by Gasteiger charge is 2.13. The second-order valence-electron chi connectivity index (χ2n) is 4.10. The summed E-state index contributed by atoms with van der Waals surface area (Å²) in [5.74, 6) is 0. The molecule has 0 atom stereocenters. The van der Waals surface area contributed by atoms with Gasteiger partial charge in [0.05, 0.1) is 5.69 Å². The normalized spacial score (nSPS) is 12.1. The Bertz CT molecular complexity index is 627. The fraction of sp³-hybridized carbons (Fsp3) is 0.462. The molecule has 1 aromatic carbocycles. The van der Waals surface area contributed by atoms with Gasteiger partial charge in [0.1, 0.15) is 0 Å². The number of anilines is 2. The molecule has 0 saturated carbocycles. The summed E-state index contributed by atoms with van der Waals surface area (Å²) >= 11 is 0. The molecule has 104 valence electrons. The van der Waals surface area contributed by atoms with Gasteiger partial charge in [0.15, 0.2) is 11.1 Å². The molecule has 0 aliphatic carbocycles. The molecule has 0 bridgehead atoms. The molecule has 1 aromatic heterocycles. The predicted molar refractivity (Wildman–Crippen MR) is 75.8 cm³/mol. The lowest BCUT2D eigenvalue weighted by atomic mass is 10.2. The minimum absolute atomic E-state index is 0.213. The lowest BCUT2D eigenvalue weighted by molar-refractivity contribution is 0.167. The molecular formula is C13H20N4O2. The number of nitrogens with one attached hydrogen (secondary N) is 2. The van der Waals surface area contributed by atoms with Gasteiger partial charge in [-0.3, -0.25) is 0 Å². The number of nitrogens with zero attached hydrogens (tertiary/aromatic N) is 2. The van der Waals surface area contributed by atoms with E-state index in [0.29, 0.717) is 17.6 Å². The van der Waals surface area contributed by atoms with E-state index in [2.05, 4.69) is 15.6 Å². The molecule has 2 rings (SSSR count). The first-order chi connectivity index (χ1) is 9.21. The second-order valence-corrected chi connectivity index (χ2v) is 4.10. The first-order valence-corrected chi connectivity index (χ1v) is 6.58. The number of rotatable bonds is 5. The van der Waals surface area contributed by atoms with E-state index in [-0.39, 0.29) is 5.68 Å². The third-order valence-electron chi connectivity index (χ3n) is 2.71. The van der Waals surface area contributed by atoms with Crippen LogP contribution in [0.5, 0.6) is 0 Å². The highest BCUT2D eigenvalue weighted by atomic mass is 16.5. The van der Waals surface area contributed by atoms with Crippen LogP contribution in [0.2, 0.25) is 0 Å². The van der Waals surface area contributed by atoms with Crippen molar-refractivity contribution in [3.05, 3.63) is 17.8 Å². The lowest BCUT2D eigenvalue weighted by Gasteiger charge is -2.09. The third-order valence-corrected chi connectivity index (χ3v) is 2.71. The van der Waals surface area contributed by atoms with Crippen molar-refractivity contribution in [1.82, 2.24) is 4.73 Å². The van der Waals surface area contributed by atoms with E-state index in [1.165, 1.54) is 0 Å². The van der Waals surface area contributed by atoms with Crippen LogP contribution in [0.3, 0.4) is 0 Å². The third kappa shape index (κ3) is 2.52. The number of fused-ring (bicyclic) bond motifs is 1. The summed E-state index contributed by atoms with van der Waals surface area (Å²) in [6.45, 7) is 8.06. The minimum atomic E-state index is 0.213. The van der Waals surface area contributed by atoms with Crippen molar-refractivity contribution < 1.29 is 9.62 Å². The molecule has 3 N–H and O–H groups in total. The van der Waals surface area contributed by atoms with E-state index in [0.717, 1.165) is 29.2 Å². The van der Waals surface area contributed by atoms with Gasteiger partial charge in [0.25, 0.3) is 0 Å². The molecule has 19 heavy (non-hydrogen) atoms. The van der Waals surface area contributed by atoms with Crippen LogP contribution >= 0.6 is 0 Å². The van der Waals surface area contributed by atoms with Crippen molar-refractivity contribution >= 4 is 22.5 Å². The van der Waals surface area contributed by atoms with Gasteiger partial charge >= 0.3 is 5.68 Å². The molecule has 6 nitrogen and oxygen atoms in total. The number of oxazole rings is 1. The van der Waals surface area contributed by atoms with Crippen LogP contribution in [0.25, 0.3) is 11.1 Å². The zero-order valence-corrected chi connectivity index (χ0v) is 11.5. The number of hydrogen-bond acceptors (Lipinski definition) is 5. The summed E-state index contributed by atoms with van der Waals surface area (Å²) < 4.78 is 6.57. The van der Waals surface area contributed by atoms with Crippen molar-refractivity contribution in [1.29, 1.82) is 0 Å². The molecule has 0 amide bonds. The fourth-order valence-electron chi connectivity index (χ4n) is 2.01. The van der Waals surface area contributed by atoms with Gasteiger partial charge < -0.3 is 20.3 Å². The Labute approximate surface area is 111 Å². The zero-order valence-electron chi connectivity index (χ0n) is 11.5. The predicted octanol–water partition coefficient (Wildman–Crippen LogP) is 2.26. The monoisotopic (exact) mass is 264 g/mol. The van der Waals surface area contributed by atoms with Gasteiger partial charge in [0.2, 0.25) is 0 Å². The van der Waals surface area contributed by atoms with Crippen LogP contribution < -0.4 is 16.3 Å². The molecule has 2 aromatic rings. The smallest absolute Gasteiger partial charge is 0.331 e. The van der Waals surface area contributed by atoms with Gasteiger partial charge in [-0.25, -0.2) is 4.99 Å². The van der Waals surface area contributed by atoms with Crippen LogP contribution in [0.15, 0.2) is 21.5 Å². The highest BCUT2D eigenvalue weighted by molar-refractivity contribution is 5.90. The summed E-state index contributed by atoms with van der Waals surface area (Å²) in [5.41, 5.74) is 3.19. The topological polar surface area (TPSA) is 74.7 Å². The average Bonchev–Trinajstić information content (AvgIpc) is 2.68. The number of benzene rings is 1. The Balaban J connectivity index is 2.68. The Morgan fingerprint density at radius 3 is 2.58 bits per heavy atom. The first kappa shape index (κ1) is 13.3. The van der Waals surface area contributed by atoms with E-state index in [9.17, 15) is 5.21 Å². The van der Waals surface area contributed by atoms with Crippen LogP contribution in [0.1, 0.15) is 20.8 Å². The van der Waals surface area contributed by atoms with Gasteiger partial charge in [-0.15, -0.1) is 4.73 Å². The summed E-state index contributed by atoms with van der Waals surface area (Å²) in [6, 6.07) is 3.81. The Morgan fingerprint density at radius 1 is 1.21 bits per heavy atom. The maximum absolute atomic E-state index is 10.1. The van der Waals surface area contributed by atoms with Crippen LogP contribution in [0, 0.1) is 0 Å². The van der Waals surface area contributed by atoms with E-state index in [1.54, 1.807) is 0 Å². The summed E-state index contributed by atoms with van der Waals surface area (Å²) in [6.07, 6.45) is 0.